The molecule has 19 heavy (non-hydrogen) atoms. The van der Waals surface area contributed by atoms with Crippen LogP contribution in [0.4, 0.5) is 0 Å². The van der Waals surface area contributed by atoms with E-state index in [9.17, 15) is 9.36 Å². The van der Waals surface area contributed by atoms with Gasteiger partial charge >= 0.3 is 181 Å². The Morgan fingerprint density at radius 2 is 1.32 bits per heavy atom. The molecule has 0 rings (SSSR count). The van der Waals surface area contributed by atoms with Gasteiger partial charge in [-0.15, -0.1) is 0 Å². The minimum atomic E-state index is -4.67. The zero-order valence-electron chi connectivity index (χ0n) is 7.65. The third kappa shape index (κ3) is 101. The third-order valence-corrected chi connectivity index (χ3v) is 0.742. The van der Waals surface area contributed by atoms with Gasteiger partial charge in [-0.3, -0.25) is 23.7 Å². The molecule has 0 amide bonds. The molecule has 9 nitrogen and oxygen atoms in total. The van der Waals surface area contributed by atoms with Crippen LogP contribution in [0, 0.1) is 0 Å². The normalized spacial score (nSPS) is 8.16. The molecule has 0 aromatic heterocycles. The van der Waals surface area contributed by atoms with Gasteiger partial charge in [-0.1, -0.05) is 0 Å². The van der Waals surface area contributed by atoms with Crippen LogP contribution in [-0.4, -0.2) is 177 Å². The van der Waals surface area contributed by atoms with E-state index in [1.807, 2.05) is 0 Å². The molecule has 0 aliphatic heterocycles. The van der Waals surface area contributed by atoms with Crippen molar-refractivity contribution in [3.05, 3.63) is 0 Å². The van der Waals surface area contributed by atoms with Crippen LogP contribution in [0.2, 0.25) is 0 Å². The zero-order chi connectivity index (χ0) is 14.0. The molecule has 17 heteroatoms. The van der Waals surface area contributed by atoms with Crippen molar-refractivity contribution in [2.24, 2.45) is 0 Å². The van der Waals surface area contributed by atoms with Crippen molar-refractivity contribution in [2.45, 2.75) is 6.92 Å². The number of carbonyl (C=O) groups excluding carboxylic acids is 1. The SMILES string of the molecule is CC(=O)OP(=O)(O)O.O=S(=O)(O)O.[CaH2].[CaH2].[CaH2].[Cl][Ca][Cl]. The Labute approximate surface area is 223 Å². The second-order valence-corrected chi connectivity index (χ2v) is 7.33. The van der Waals surface area contributed by atoms with Crippen molar-refractivity contribution >= 4 is 181 Å². The monoisotopic (exact) mass is 474 g/mol. The first-order valence-electron chi connectivity index (χ1n) is 2.91. The molecule has 4 N–H and O–H groups in total. The molecule has 0 heterocycles. The van der Waals surface area contributed by atoms with Gasteiger partial charge in [0.05, 0.1) is 0 Å². The average Bonchev–Trinajstić information content (AvgIpc) is 1.76. The Kier molecular flexibility index (Phi) is 47.8. The average molecular weight is 475 g/mol. The summed E-state index contributed by atoms with van der Waals surface area (Å²) in [6.45, 7) is 0.916. The van der Waals surface area contributed by atoms with Crippen LogP contribution in [0.15, 0.2) is 0 Å². The number of hydrogen-bond acceptors (Lipinski definition) is 5. The maximum absolute atomic E-state index is 9.74. The molecule has 108 valence electrons. The number of hydrogen-bond donors (Lipinski definition) is 4. The van der Waals surface area contributed by atoms with Gasteiger partial charge in [-0.2, -0.15) is 8.42 Å². The molecule has 0 spiro atoms. The van der Waals surface area contributed by atoms with Crippen molar-refractivity contribution < 1.29 is 41.2 Å². The second-order valence-electron chi connectivity index (χ2n) is 1.62. The van der Waals surface area contributed by atoms with Gasteiger partial charge in [0.1, 0.15) is 0 Å². The van der Waals surface area contributed by atoms with Gasteiger partial charge in [0.25, 0.3) is 0 Å². The summed E-state index contributed by atoms with van der Waals surface area (Å²) in [6, 6.07) is 0. The Balaban J connectivity index is -0.0000000340. The summed E-state index contributed by atoms with van der Waals surface area (Å²) in [5.41, 5.74) is 0. The van der Waals surface area contributed by atoms with E-state index in [0.29, 0.717) is 0 Å². The molecule has 0 bridgehead atoms. The molecule has 0 saturated carbocycles. The Bertz CT molecular complexity index is 323. The van der Waals surface area contributed by atoms with Crippen LogP contribution < -0.4 is 0 Å². The predicted molar refractivity (Wildman–Crippen MR) is 81.1 cm³/mol. The summed E-state index contributed by atoms with van der Waals surface area (Å²) >= 11 is -0.931. The summed E-state index contributed by atoms with van der Waals surface area (Å²) in [6.07, 6.45) is 9.90. The van der Waals surface area contributed by atoms with E-state index in [2.05, 4.69) is 4.52 Å². The van der Waals surface area contributed by atoms with E-state index < -0.39 is 55.0 Å². The number of carbonyl (C=O) groups is 1. The van der Waals surface area contributed by atoms with Gasteiger partial charge in [0, 0.05) is 6.92 Å². The fourth-order valence-corrected chi connectivity index (χ4v) is 0.502. The van der Waals surface area contributed by atoms with Crippen LogP contribution >= 0.6 is 20.6 Å². The molecule has 0 radical (unpaired) electrons. The van der Waals surface area contributed by atoms with Gasteiger partial charge in [0.2, 0.25) is 0 Å². The van der Waals surface area contributed by atoms with Crippen molar-refractivity contribution in [3.63, 3.8) is 0 Å². The first-order valence-corrected chi connectivity index (χ1v) is 11.9. The summed E-state index contributed by atoms with van der Waals surface area (Å²) in [5.74, 6) is -0.988. The number of halogens is 2. The van der Waals surface area contributed by atoms with Crippen molar-refractivity contribution in [1.82, 2.24) is 0 Å². The molecule has 0 unspecified atom stereocenters. The molecule has 0 saturated heterocycles. The van der Waals surface area contributed by atoms with Crippen LogP contribution in [0.25, 0.3) is 0 Å². The fraction of sp³-hybridized carbons (Fsp3) is 0.500. The van der Waals surface area contributed by atoms with E-state index in [1.54, 1.807) is 0 Å². The fourth-order valence-electron chi connectivity index (χ4n) is 0.167. The number of rotatable bonds is 1. The second kappa shape index (κ2) is 23.1. The minimum absolute atomic E-state index is 0. The third-order valence-electron chi connectivity index (χ3n) is 0.247. The van der Waals surface area contributed by atoms with Crippen LogP contribution in [0.1, 0.15) is 6.92 Å². The summed E-state index contributed by atoms with van der Waals surface area (Å²) in [4.78, 5) is 25.5. The standard InChI is InChI=1S/C2H5O5P.4Ca.2ClH.H2O4S.6H/c1-2(3)7-8(4,5)6;;;;;;;1-5(2,3)4;;;;;;/h1H3,(H2,4,5,6);;;;;2*1H;(H2,1,2,3,4);;;;;;/q;;;;+2;;;;;;;;;/p-2. The van der Waals surface area contributed by atoms with Gasteiger partial charge in [0.15, 0.2) is 0 Å². The quantitative estimate of drug-likeness (QED) is 0.179. The summed E-state index contributed by atoms with van der Waals surface area (Å²) < 4.78 is 44.7. The van der Waals surface area contributed by atoms with Gasteiger partial charge < -0.3 is 4.52 Å². The van der Waals surface area contributed by atoms with E-state index in [4.69, 9.17) is 40.1 Å². The maximum atomic E-state index is 9.74. The first kappa shape index (κ1) is 39.3. The van der Waals surface area contributed by atoms with E-state index in [1.165, 1.54) is 0 Å². The molecule has 0 aliphatic rings. The van der Waals surface area contributed by atoms with E-state index in [0.717, 1.165) is 6.92 Å². The van der Waals surface area contributed by atoms with Crippen molar-refractivity contribution in [3.8, 4) is 0 Å². The Morgan fingerprint density at radius 1 is 1.16 bits per heavy atom. The first-order chi connectivity index (χ1) is 6.83. The number of phosphoric ester groups is 1. The molecule has 0 aliphatic carbocycles. The topological polar surface area (TPSA) is 158 Å². The summed E-state index contributed by atoms with van der Waals surface area (Å²) in [7, 11) is -9.24. The van der Waals surface area contributed by atoms with Gasteiger partial charge in [-0.05, 0) is 0 Å². The van der Waals surface area contributed by atoms with Gasteiger partial charge in [-0.25, -0.2) is 4.57 Å². The summed E-state index contributed by atoms with van der Waals surface area (Å²) in [5, 5.41) is 0. The molecule has 0 atom stereocenters. The molecule has 0 fully saturated rings. The molecular formula is C2H13Ca4Cl2O9PS. The Hall–Kier alpha value is 5.11. The van der Waals surface area contributed by atoms with Crippen molar-refractivity contribution in [1.29, 1.82) is 0 Å². The number of phosphoric acid groups is 1. The Morgan fingerprint density at radius 3 is 1.32 bits per heavy atom. The molecule has 0 aromatic carbocycles. The van der Waals surface area contributed by atoms with Crippen molar-refractivity contribution in [2.75, 3.05) is 0 Å². The van der Waals surface area contributed by atoms with Crippen LogP contribution in [0.5, 0.6) is 0 Å². The van der Waals surface area contributed by atoms with Crippen LogP contribution in [0.3, 0.4) is 0 Å². The molecule has 0 aromatic rings. The zero-order valence-corrected chi connectivity index (χ0v) is 13.1. The van der Waals surface area contributed by atoms with E-state index in [-0.39, 0.29) is 113 Å². The van der Waals surface area contributed by atoms with E-state index >= 15 is 0 Å². The van der Waals surface area contributed by atoms with Crippen LogP contribution in [-0.2, 0) is 24.3 Å². The predicted octanol–water partition coefficient (Wildman–Crippen LogP) is -2.76. The molecular weight excluding hydrogens is 462 g/mol.